The van der Waals surface area contributed by atoms with Crippen molar-refractivity contribution in [2.45, 2.75) is 64.5 Å². The Kier molecular flexibility index (Phi) is 5.91. The monoisotopic (exact) mass is 404 g/mol. The predicted octanol–water partition coefficient (Wildman–Crippen LogP) is 2.50. The van der Waals surface area contributed by atoms with E-state index in [9.17, 15) is 4.79 Å². The first-order valence-corrected chi connectivity index (χ1v) is 11.0. The zero-order chi connectivity index (χ0) is 19.5. The number of anilines is 1. The second-order valence-electron chi connectivity index (χ2n) is 7.47. The molecule has 0 aliphatic carbocycles. The molecule has 0 bridgehead atoms. The summed E-state index contributed by atoms with van der Waals surface area (Å²) in [5.74, 6) is 2.55. The molecule has 0 spiro atoms. The van der Waals surface area contributed by atoms with Gasteiger partial charge in [-0.2, -0.15) is 0 Å². The molecule has 1 saturated heterocycles. The van der Waals surface area contributed by atoms with Crippen molar-refractivity contribution in [3.63, 3.8) is 0 Å². The maximum atomic E-state index is 12.8. The number of hydrogen-bond acceptors (Lipinski definition) is 7. The third kappa shape index (κ3) is 4.05. The van der Waals surface area contributed by atoms with Crippen LogP contribution in [0.1, 0.15) is 65.5 Å². The molecule has 2 aromatic heterocycles. The lowest BCUT2D eigenvalue weighted by molar-refractivity contribution is 0.0826. The maximum Gasteiger partial charge on any atom is 0.263 e. The molecule has 152 valence electrons. The molecule has 0 radical (unpaired) electrons. The number of amides is 1. The summed E-state index contributed by atoms with van der Waals surface area (Å²) >= 11 is 1.42. The van der Waals surface area contributed by atoms with Crippen LogP contribution in [0.2, 0.25) is 0 Å². The molecule has 4 rings (SSSR count). The first-order valence-electron chi connectivity index (χ1n) is 10.2. The average molecular weight is 405 g/mol. The van der Waals surface area contributed by atoms with Crippen molar-refractivity contribution in [2.75, 3.05) is 25.1 Å². The van der Waals surface area contributed by atoms with Crippen molar-refractivity contribution in [1.29, 1.82) is 0 Å². The minimum absolute atomic E-state index is 0.0218. The first-order chi connectivity index (χ1) is 13.7. The Morgan fingerprint density at radius 2 is 2.07 bits per heavy atom. The van der Waals surface area contributed by atoms with Gasteiger partial charge in [-0.15, -0.1) is 10.2 Å². The lowest BCUT2D eigenvalue weighted by Gasteiger charge is -2.22. The SMILES string of the molecule is CCNc1nc(C)c(C(=O)NC2CCc3nnc(C4CCOCC4)n3CC2)s1. The Morgan fingerprint density at radius 1 is 1.25 bits per heavy atom. The van der Waals surface area contributed by atoms with Gasteiger partial charge in [-0.05, 0) is 39.5 Å². The topological polar surface area (TPSA) is 94.0 Å². The van der Waals surface area contributed by atoms with Gasteiger partial charge in [0.1, 0.15) is 16.5 Å². The van der Waals surface area contributed by atoms with Gasteiger partial charge in [0.05, 0.1) is 5.69 Å². The maximum absolute atomic E-state index is 12.8. The normalized spacial score (nSPS) is 20.4. The molecule has 28 heavy (non-hydrogen) atoms. The van der Waals surface area contributed by atoms with Gasteiger partial charge in [0.25, 0.3) is 5.91 Å². The molecule has 0 aromatic carbocycles. The highest BCUT2D eigenvalue weighted by atomic mass is 32.1. The van der Waals surface area contributed by atoms with E-state index < -0.39 is 0 Å². The van der Waals surface area contributed by atoms with Crippen LogP contribution in [0.4, 0.5) is 5.13 Å². The Hall–Kier alpha value is -2.00. The van der Waals surface area contributed by atoms with Crippen molar-refractivity contribution in [2.24, 2.45) is 0 Å². The minimum atomic E-state index is -0.0218. The van der Waals surface area contributed by atoms with Gasteiger partial charge in [0.2, 0.25) is 0 Å². The molecule has 2 aliphatic rings. The third-order valence-corrected chi connectivity index (χ3v) is 6.64. The van der Waals surface area contributed by atoms with E-state index in [1.165, 1.54) is 11.3 Å². The van der Waals surface area contributed by atoms with Crippen LogP contribution in [0.25, 0.3) is 0 Å². The Labute approximate surface area is 169 Å². The van der Waals surface area contributed by atoms with Crippen molar-refractivity contribution < 1.29 is 9.53 Å². The third-order valence-electron chi connectivity index (χ3n) is 5.53. The fourth-order valence-corrected chi connectivity index (χ4v) is 4.93. The molecule has 1 atom stereocenters. The van der Waals surface area contributed by atoms with E-state index in [1.54, 1.807) is 0 Å². The van der Waals surface area contributed by atoms with E-state index in [4.69, 9.17) is 4.74 Å². The Morgan fingerprint density at radius 3 is 2.86 bits per heavy atom. The number of fused-ring (bicyclic) bond motifs is 1. The summed E-state index contributed by atoms with van der Waals surface area (Å²) in [4.78, 5) is 17.9. The number of aryl methyl sites for hydroxylation is 2. The number of carbonyl (C=O) groups excluding carboxylic acids is 1. The van der Waals surface area contributed by atoms with Crippen LogP contribution in [0.15, 0.2) is 0 Å². The van der Waals surface area contributed by atoms with E-state index in [0.717, 1.165) is 80.9 Å². The number of nitrogens with one attached hydrogen (secondary N) is 2. The molecule has 0 saturated carbocycles. The zero-order valence-electron chi connectivity index (χ0n) is 16.5. The fourth-order valence-electron chi connectivity index (χ4n) is 4.00. The van der Waals surface area contributed by atoms with Crippen LogP contribution in [-0.4, -0.2) is 51.5 Å². The molecule has 1 unspecified atom stereocenters. The number of rotatable bonds is 5. The van der Waals surface area contributed by atoms with Crippen molar-refractivity contribution in [3.8, 4) is 0 Å². The highest BCUT2D eigenvalue weighted by molar-refractivity contribution is 7.17. The highest BCUT2D eigenvalue weighted by Gasteiger charge is 2.27. The summed E-state index contributed by atoms with van der Waals surface area (Å²) in [5, 5.41) is 16.1. The van der Waals surface area contributed by atoms with Crippen LogP contribution in [0.5, 0.6) is 0 Å². The highest BCUT2D eigenvalue weighted by Crippen LogP contribution is 2.28. The predicted molar refractivity (Wildman–Crippen MR) is 108 cm³/mol. The van der Waals surface area contributed by atoms with Gasteiger partial charge < -0.3 is 19.9 Å². The van der Waals surface area contributed by atoms with Crippen molar-refractivity contribution in [3.05, 3.63) is 22.2 Å². The quantitative estimate of drug-likeness (QED) is 0.795. The molecule has 2 N–H and O–H groups in total. The lowest BCUT2D eigenvalue weighted by Crippen LogP contribution is -2.35. The average Bonchev–Trinajstić information content (AvgIpc) is 3.22. The van der Waals surface area contributed by atoms with E-state index in [-0.39, 0.29) is 11.9 Å². The van der Waals surface area contributed by atoms with Gasteiger partial charge >= 0.3 is 0 Å². The van der Waals surface area contributed by atoms with E-state index in [0.29, 0.717) is 10.8 Å². The summed E-state index contributed by atoms with van der Waals surface area (Å²) in [7, 11) is 0. The molecule has 2 aliphatic heterocycles. The first kappa shape index (κ1) is 19.3. The Bertz CT molecular complexity index is 827. The van der Waals surface area contributed by atoms with E-state index in [2.05, 4.69) is 30.4 Å². The van der Waals surface area contributed by atoms with Crippen LogP contribution in [0, 0.1) is 6.92 Å². The zero-order valence-corrected chi connectivity index (χ0v) is 17.3. The van der Waals surface area contributed by atoms with Gasteiger partial charge in [0.15, 0.2) is 5.13 Å². The van der Waals surface area contributed by atoms with Gasteiger partial charge in [-0.25, -0.2) is 4.98 Å². The smallest absolute Gasteiger partial charge is 0.263 e. The summed E-state index contributed by atoms with van der Waals surface area (Å²) < 4.78 is 7.76. The number of thiazole rings is 1. The van der Waals surface area contributed by atoms with Gasteiger partial charge in [-0.1, -0.05) is 11.3 Å². The molecule has 9 heteroatoms. The minimum Gasteiger partial charge on any atom is -0.381 e. The van der Waals surface area contributed by atoms with E-state index >= 15 is 0 Å². The molecular formula is C19H28N6O2S. The number of nitrogens with zero attached hydrogens (tertiary/aromatic N) is 4. The second kappa shape index (κ2) is 8.57. The molecule has 4 heterocycles. The molecule has 1 fully saturated rings. The summed E-state index contributed by atoms with van der Waals surface area (Å²) in [6.07, 6.45) is 4.64. The molecule has 2 aromatic rings. The number of aromatic nitrogens is 4. The number of hydrogen-bond donors (Lipinski definition) is 2. The largest absolute Gasteiger partial charge is 0.381 e. The molecular weight excluding hydrogens is 376 g/mol. The van der Waals surface area contributed by atoms with Gasteiger partial charge in [0, 0.05) is 44.7 Å². The summed E-state index contributed by atoms with van der Waals surface area (Å²) in [5.41, 5.74) is 0.783. The van der Waals surface area contributed by atoms with Gasteiger partial charge in [-0.3, -0.25) is 4.79 Å². The van der Waals surface area contributed by atoms with Crippen LogP contribution >= 0.6 is 11.3 Å². The molecule has 1 amide bonds. The fraction of sp³-hybridized carbons (Fsp3) is 0.684. The Balaban J connectivity index is 1.40. The lowest BCUT2D eigenvalue weighted by atomic mass is 9.99. The van der Waals surface area contributed by atoms with Crippen molar-refractivity contribution in [1.82, 2.24) is 25.1 Å². The number of ether oxygens (including phenoxy) is 1. The van der Waals surface area contributed by atoms with Crippen molar-refractivity contribution >= 4 is 22.4 Å². The van der Waals surface area contributed by atoms with E-state index in [1.807, 2.05) is 13.8 Å². The van der Waals surface area contributed by atoms with Crippen LogP contribution in [0.3, 0.4) is 0 Å². The summed E-state index contributed by atoms with van der Waals surface area (Å²) in [6.45, 7) is 7.16. The van der Waals surface area contributed by atoms with Crippen LogP contribution < -0.4 is 10.6 Å². The molecule has 8 nitrogen and oxygen atoms in total. The second-order valence-corrected chi connectivity index (χ2v) is 8.47. The van der Waals surface area contributed by atoms with Crippen LogP contribution in [-0.2, 0) is 17.7 Å². The standard InChI is InChI=1S/C19H28N6O2S/c1-3-20-19-21-12(2)16(28-19)18(26)22-14-4-5-15-23-24-17(25(15)9-6-14)13-7-10-27-11-8-13/h13-14H,3-11H2,1-2H3,(H,20,21)(H,22,26). The number of carbonyl (C=O) groups is 1. The summed E-state index contributed by atoms with van der Waals surface area (Å²) in [6, 6.07) is 0.140.